The summed E-state index contributed by atoms with van der Waals surface area (Å²) in [5, 5.41) is 0. The molecule has 2 fully saturated rings. The van der Waals surface area contributed by atoms with E-state index in [4.69, 9.17) is 9.47 Å². The monoisotopic (exact) mass is 496 g/mol. The molecule has 0 spiro atoms. The van der Waals surface area contributed by atoms with Crippen molar-refractivity contribution in [2.24, 2.45) is 17.3 Å². The molecule has 0 saturated heterocycles. The lowest BCUT2D eigenvalue weighted by atomic mass is 9.55. The summed E-state index contributed by atoms with van der Waals surface area (Å²) in [6, 6.07) is 6.37. The third kappa shape index (κ3) is 6.17. The molecular weight excluding hydrogens is 448 g/mol. The van der Waals surface area contributed by atoms with Crippen LogP contribution in [0.3, 0.4) is 0 Å². The van der Waals surface area contributed by atoms with E-state index in [9.17, 15) is 9.59 Å². The number of esters is 2. The molecule has 4 rings (SSSR count). The maximum atomic E-state index is 12.6. The van der Waals surface area contributed by atoms with E-state index >= 15 is 0 Å². The smallest absolute Gasteiger partial charge is 0.311 e. The molecule has 0 amide bonds. The molecule has 2 saturated carbocycles. The van der Waals surface area contributed by atoms with Crippen molar-refractivity contribution in [3.63, 3.8) is 0 Å². The molecule has 3 aliphatic carbocycles. The molecule has 0 radical (unpaired) electrons. The number of hydrogen-bond donors (Lipinski definition) is 0. The topological polar surface area (TPSA) is 52.6 Å². The van der Waals surface area contributed by atoms with Crippen LogP contribution in [0.5, 0.6) is 5.75 Å². The first-order valence-electron chi connectivity index (χ1n) is 15.0. The second-order valence-electron chi connectivity index (χ2n) is 12.0. The van der Waals surface area contributed by atoms with Gasteiger partial charge in [0.15, 0.2) is 0 Å². The third-order valence-electron chi connectivity index (χ3n) is 9.59. The minimum Gasteiger partial charge on any atom is -0.462 e. The van der Waals surface area contributed by atoms with Gasteiger partial charge in [-0.1, -0.05) is 65.4 Å². The van der Waals surface area contributed by atoms with Crippen LogP contribution in [0, 0.1) is 17.3 Å². The maximum Gasteiger partial charge on any atom is 0.311 e. The molecule has 0 heterocycles. The lowest BCUT2D eigenvalue weighted by Gasteiger charge is -2.50. The van der Waals surface area contributed by atoms with Crippen molar-refractivity contribution in [2.75, 3.05) is 0 Å². The fraction of sp³-hybridized carbons (Fsp3) is 0.750. The molecule has 0 bridgehead atoms. The highest BCUT2D eigenvalue weighted by molar-refractivity contribution is 5.72. The predicted octanol–water partition coefficient (Wildman–Crippen LogP) is 8.30. The molecule has 5 unspecified atom stereocenters. The summed E-state index contributed by atoms with van der Waals surface area (Å²) < 4.78 is 11.8. The van der Waals surface area contributed by atoms with Gasteiger partial charge in [-0.25, -0.2) is 0 Å². The van der Waals surface area contributed by atoms with Crippen LogP contribution in [0.15, 0.2) is 18.2 Å². The van der Waals surface area contributed by atoms with Crippen LogP contribution in [0.25, 0.3) is 0 Å². The summed E-state index contributed by atoms with van der Waals surface area (Å²) in [5.41, 5.74) is 2.95. The fourth-order valence-electron chi connectivity index (χ4n) is 7.56. The molecule has 0 aromatic heterocycles. The molecule has 1 aromatic rings. The molecule has 3 aliphatic rings. The number of ether oxygens (including phenoxy) is 2. The number of carbonyl (C=O) groups is 2. The van der Waals surface area contributed by atoms with E-state index in [0.29, 0.717) is 36.3 Å². The molecule has 1 aromatic carbocycles. The summed E-state index contributed by atoms with van der Waals surface area (Å²) >= 11 is 0. The van der Waals surface area contributed by atoms with Gasteiger partial charge in [-0.05, 0) is 92.4 Å². The number of rotatable bonds is 12. The van der Waals surface area contributed by atoms with Gasteiger partial charge in [0.2, 0.25) is 0 Å². The van der Waals surface area contributed by atoms with Gasteiger partial charge < -0.3 is 9.47 Å². The minimum atomic E-state index is -0.106. The van der Waals surface area contributed by atoms with Crippen LogP contribution < -0.4 is 4.74 Å². The largest absolute Gasteiger partial charge is 0.462 e. The highest BCUT2D eigenvalue weighted by atomic mass is 16.5. The van der Waals surface area contributed by atoms with Crippen molar-refractivity contribution in [3.8, 4) is 5.75 Å². The first-order chi connectivity index (χ1) is 17.5. The highest BCUT2D eigenvalue weighted by Crippen LogP contribution is 2.61. The van der Waals surface area contributed by atoms with Crippen LogP contribution >= 0.6 is 0 Å². The molecule has 0 aliphatic heterocycles. The Bertz CT molecular complexity index is 892. The van der Waals surface area contributed by atoms with E-state index in [1.807, 2.05) is 6.07 Å². The number of aryl methyl sites for hydroxylation is 1. The quantitative estimate of drug-likeness (QED) is 0.166. The van der Waals surface area contributed by atoms with E-state index < -0.39 is 0 Å². The zero-order valence-corrected chi connectivity index (χ0v) is 23.0. The fourth-order valence-corrected chi connectivity index (χ4v) is 7.56. The van der Waals surface area contributed by atoms with Gasteiger partial charge in [0.1, 0.15) is 11.9 Å². The standard InChI is InChI=1S/C32H48O4/c1-4-6-8-10-12-30(33)35-24-15-17-25-23(22-24)14-16-27-26(25)20-21-32(3)28(27)18-19-29(32)36-31(34)13-11-9-7-5-2/h15,17,22,26-29H,4-14,16,18-21H2,1-3H3. The highest BCUT2D eigenvalue weighted by Gasteiger charge is 2.56. The molecule has 4 nitrogen and oxygen atoms in total. The number of fused-ring (bicyclic) bond motifs is 5. The van der Waals surface area contributed by atoms with Gasteiger partial charge in [-0.3, -0.25) is 9.59 Å². The Labute approximate surface area is 218 Å². The van der Waals surface area contributed by atoms with Gasteiger partial charge in [0, 0.05) is 18.3 Å². The molecule has 5 atom stereocenters. The predicted molar refractivity (Wildman–Crippen MR) is 144 cm³/mol. The number of carbonyl (C=O) groups excluding carboxylic acids is 2. The molecule has 0 N–H and O–H groups in total. The summed E-state index contributed by atoms with van der Waals surface area (Å²) in [5.74, 6) is 2.49. The van der Waals surface area contributed by atoms with Crippen molar-refractivity contribution < 1.29 is 19.1 Å². The van der Waals surface area contributed by atoms with Crippen LogP contribution in [-0.4, -0.2) is 18.0 Å². The lowest BCUT2D eigenvalue weighted by Crippen LogP contribution is -2.45. The Morgan fingerprint density at radius 3 is 2.33 bits per heavy atom. The Hall–Kier alpha value is -1.84. The summed E-state index contributed by atoms with van der Waals surface area (Å²) in [6.07, 6.45) is 16.7. The minimum absolute atomic E-state index is 0.0153. The average molecular weight is 497 g/mol. The first kappa shape index (κ1) is 27.2. The molecule has 36 heavy (non-hydrogen) atoms. The second-order valence-corrected chi connectivity index (χ2v) is 12.0. The van der Waals surface area contributed by atoms with Crippen LogP contribution in [0.1, 0.15) is 134 Å². The van der Waals surface area contributed by atoms with Crippen molar-refractivity contribution >= 4 is 11.9 Å². The average Bonchev–Trinajstić information content (AvgIpc) is 3.20. The van der Waals surface area contributed by atoms with Crippen LogP contribution in [-0.2, 0) is 20.7 Å². The van der Waals surface area contributed by atoms with Crippen molar-refractivity contribution in [3.05, 3.63) is 29.3 Å². The number of unbranched alkanes of at least 4 members (excludes halogenated alkanes) is 6. The zero-order valence-electron chi connectivity index (χ0n) is 23.0. The van der Waals surface area contributed by atoms with Gasteiger partial charge in [0.25, 0.3) is 0 Å². The van der Waals surface area contributed by atoms with Crippen molar-refractivity contribution in [1.29, 1.82) is 0 Å². The summed E-state index contributed by atoms with van der Waals surface area (Å²) in [7, 11) is 0. The van der Waals surface area contributed by atoms with E-state index in [1.165, 1.54) is 49.7 Å². The maximum absolute atomic E-state index is 12.6. The number of hydrogen-bond acceptors (Lipinski definition) is 4. The van der Waals surface area contributed by atoms with E-state index in [1.54, 1.807) is 0 Å². The van der Waals surface area contributed by atoms with E-state index in [0.717, 1.165) is 51.4 Å². The van der Waals surface area contributed by atoms with Gasteiger partial charge >= 0.3 is 11.9 Å². The molecule has 4 heteroatoms. The summed E-state index contributed by atoms with van der Waals surface area (Å²) in [4.78, 5) is 24.8. The van der Waals surface area contributed by atoms with E-state index in [2.05, 4.69) is 32.9 Å². The zero-order chi connectivity index (χ0) is 25.5. The van der Waals surface area contributed by atoms with Gasteiger partial charge in [0.05, 0.1) is 0 Å². The van der Waals surface area contributed by atoms with Crippen LogP contribution in [0.4, 0.5) is 0 Å². The molecule has 200 valence electrons. The van der Waals surface area contributed by atoms with Gasteiger partial charge in [-0.15, -0.1) is 0 Å². The van der Waals surface area contributed by atoms with Crippen molar-refractivity contribution in [1.82, 2.24) is 0 Å². The summed E-state index contributed by atoms with van der Waals surface area (Å²) in [6.45, 7) is 6.77. The lowest BCUT2D eigenvalue weighted by molar-refractivity contribution is -0.157. The van der Waals surface area contributed by atoms with Gasteiger partial charge in [-0.2, -0.15) is 0 Å². The Morgan fingerprint density at radius 2 is 1.61 bits per heavy atom. The van der Waals surface area contributed by atoms with Crippen LogP contribution in [0.2, 0.25) is 0 Å². The SMILES string of the molecule is CCCCCCC(=O)Oc1ccc2c(c1)CCC1C2CCC2(C)C(OC(=O)CCCCCC)CCC12. The first-order valence-corrected chi connectivity index (χ1v) is 15.0. The van der Waals surface area contributed by atoms with E-state index in [-0.39, 0.29) is 23.5 Å². The second kappa shape index (κ2) is 12.6. The Morgan fingerprint density at radius 1 is 0.889 bits per heavy atom. The third-order valence-corrected chi connectivity index (χ3v) is 9.59. The Kier molecular flexibility index (Phi) is 9.52. The number of benzene rings is 1. The molecular formula is C32H48O4. The normalized spacial score (nSPS) is 28.6. The van der Waals surface area contributed by atoms with Crippen molar-refractivity contribution in [2.45, 2.75) is 136 Å². The Balaban J connectivity index is 1.34.